The first-order valence-corrected chi connectivity index (χ1v) is 14.9. The third-order valence-corrected chi connectivity index (χ3v) is 8.90. The topological polar surface area (TPSA) is 124 Å². The zero-order chi connectivity index (χ0) is 26.5. The molecule has 1 rings (SSSR count). The lowest BCUT2D eigenvalue weighted by molar-refractivity contribution is -0.133. The standard InChI is InChI=1S/C23H38N3O6PS2/c1-7-20(32-18(2)26(17-27)14-12-22(24)25-6)16-31-33(28,29)30-15-13-19-10-8-9-11-21(19)34-35-23(3,4)5/h8-12,14,17-18,20H,7,13,15-16H2,1-6H3,(H2,24,25)(H,28,29)/b14-12-. The van der Waals surface area contributed by atoms with Crippen molar-refractivity contribution < 1.29 is 28.0 Å². The zero-order valence-corrected chi connectivity index (χ0v) is 23.8. The largest absolute Gasteiger partial charge is 0.472 e. The lowest BCUT2D eigenvalue weighted by atomic mass is 10.2. The molecule has 0 heterocycles. The van der Waals surface area contributed by atoms with Gasteiger partial charge in [-0.3, -0.25) is 23.7 Å². The number of phosphoric ester groups is 1. The van der Waals surface area contributed by atoms with E-state index in [4.69, 9.17) is 19.5 Å². The van der Waals surface area contributed by atoms with Gasteiger partial charge in [-0.1, -0.05) is 67.5 Å². The molecular formula is C23H38N3O6PS2. The van der Waals surface area contributed by atoms with E-state index in [-0.39, 0.29) is 23.8 Å². The first-order valence-electron chi connectivity index (χ1n) is 11.2. The minimum Gasteiger partial charge on any atom is -0.384 e. The molecular weight excluding hydrogens is 509 g/mol. The molecule has 0 saturated carbocycles. The van der Waals surface area contributed by atoms with Crippen LogP contribution in [0.5, 0.6) is 0 Å². The van der Waals surface area contributed by atoms with Crippen molar-refractivity contribution >= 4 is 41.7 Å². The summed E-state index contributed by atoms with van der Waals surface area (Å²) >= 11 is 0. The maximum Gasteiger partial charge on any atom is 0.472 e. The lowest BCUT2D eigenvalue weighted by Gasteiger charge is -2.27. The van der Waals surface area contributed by atoms with Crippen molar-refractivity contribution in [3.05, 3.63) is 42.1 Å². The first-order chi connectivity index (χ1) is 16.4. The van der Waals surface area contributed by atoms with Crippen LogP contribution in [-0.4, -0.2) is 59.4 Å². The highest BCUT2D eigenvalue weighted by Gasteiger charge is 2.25. The molecule has 0 saturated heterocycles. The summed E-state index contributed by atoms with van der Waals surface area (Å²) in [6.45, 7) is 9.82. The fourth-order valence-corrected chi connectivity index (χ4v) is 5.54. The fraction of sp³-hybridized carbons (Fsp3) is 0.565. The van der Waals surface area contributed by atoms with Gasteiger partial charge in [0.15, 0.2) is 0 Å². The average Bonchev–Trinajstić information content (AvgIpc) is 2.80. The minimum atomic E-state index is -4.28. The van der Waals surface area contributed by atoms with Crippen LogP contribution >= 0.6 is 29.4 Å². The monoisotopic (exact) mass is 547 g/mol. The number of hydrogen-bond donors (Lipinski definition) is 2. The van der Waals surface area contributed by atoms with E-state index in [0.717, 1.165) is 10.5 Å². The molecule has 9 nitrogen and oxygen atoms in total. The summed E-state index contributed by atoms with van der Waals surface area (Å²) in [4.78, 5) is 27.6. The van der Waals surface area contributed by atoms with Gasteiger partial charge in [0.1, 0.15) is 12.1 Å². The van der Waals surface area contributed by atoms with Crippen LogP contribution in [0.25, 0.3) is 0 Å². The van der Waals surface area contributed by atoms with E-state index in [1.165, 1.54) is 24.2 Å². The summed E-state index contributed by atoms with van der Waals surface area (Å²) in [5.74, 6) is 0.256. The molecule has 0 aromatic heterocycles. The van der Waals surface area contributed by atoms with Crippen molar-refractivity contribution in [1.29, 1.82) is 0 Å². The lowest BCUT2D eigenvalue weighted by Crippen LogP contribution is -2.35. The normalized spacial score (nSPS) is 16.1. The number of nitrogens with two attached hydrogens (primary N) is 1. The summed E-state index contributed by atoms with van der Waals surface area (Å²) in [7, 11) is 0.696. The fourth-order valence-electron chi connectivity index (χ4n) is 2.53. The van der Waals surface area contributed by atoms with Gasteiger partial charge in [0, 0.05) is 22.9 Å². The van der Waals surface area contributed by atoms with Crippen LogP contribution in [0.15, 0.2) is 46.4 Å². The van der Waals surface area contributed by atoms with E-state index in [0.29, 0.717) is 19.3 Å². The number of amidine groups is 1. The van der Waals surface area contributed by atoms with E-state index in [1.807, 2.05) is 31.2 Å². The molecule has 3 atom stereocenters. The van der Waals surface area contributed by atoms with E-state index in [2.05, 4.69) is 25.8 Å². The first kappa shape index (κ1) is 31.7. The van der Waals surface area contributed by atoms with Gasteiger partial charge in [-0.05, 0) is 37.5 Å². The van der Waals surface area contributed by atoms with Gasteiger partial charge in [0.25, 0.3) is 0 Å². The number of nitrogens with zero attached hydrogens (tertiary/aromatic N) is 2. The highest BCUT2D eigenvalue weighted by Crippen LogP contribution is 2.44. The van der Waals surface area contributed by atoms with Gasteiger partial charge in [-0.2, -0.15) is 0 Å². The number of aliphatic imine (C=N–C) groups is 1. The van der Waals surface area contributed by atoms with Crippen LogP contribution < -0.4 is 5.73 Å². The Labute approximate surface area is 216 Å². The Hall–Kier alpha value is -1.33. The predicted molar refractivity (Wildman–Crippen MR) is 144 cm³/mol. The molecule has 0 fully saturated rings. The molecule has 35 heavy (non-hydrogen) atoms. The Morgan fingerprint density at radius 3 is 2.60 bits per heavy atom. The van der Waals surface area contributed by atoms with Crippen molar-refractivity contribution in [2.75, 3.05) is 20.3 Å². The summed E-state index contributed by atoms with van der Waals surface area (Å²) < 4.78 is 28.7. The van der Waals surface area contributed by atoms with Crippen molar-refractivity contribution in [2.45, 2.75) is 69.4 Å². The Balaban J connectivity index is 2.58. The van der Waals surface area contributed by atoms with Gasteiger partial charge in [-0.15, -0.1) is 0 Å². The molecule has 12 heteroatoms. The quantitative estimate of drug-likeness (QED) is 0.0734. The van der Waals surface area contributed by atoms with Gasteiger partial charge in [-0.25, -0.2) is 4.57 Å². The second kappa shape index (κ2) is 15.7. The molecule has 1 aromatic rings. The number of carbonyl (C=O) groups is 1. The molecule has 0 spiro atoms. The number of ether oxygens (including phenoxy) is 1. The van der Waals surface area contributed by atoms with Crippen LogP contribution in [0, 0.1) is 0 Å². The third-order valence-electron chi connectivity index (χ3n) is 4.47. The molecule has 198 valence electrons. The average molecular weight is 548 g/mol. The number of phosphoric acid groups is 1. The Morgan fingerprint density at radius 1 is 1.31 bits per heavy atom. The summed E-state index contributed by atoms with van der Waals surface area (Å²) in [6.07, 6.45) is 3.29. The molecule has 0 bridgehead atoms. The number of hydrogen-bond acceptors (Lipinski definition) is 8. The maximum atomic E-state index is 12.4. The van der Waals surface area contributed by atoms with Crippen LogP contribution in [0.1, 0.15) is 46.6 Å². The second-order valence-electron chi connectivity index (χ2n) is 8.52. The van der Waals surface area contributed by atoms with Crippen molar-refractivity contribution in [1.82, 2.24) is 4.90 Å². The molecule has 1 aromatic carbocycles. The minimum absolute atomic E-state index is 0.0315. The van der Waals surface area contributed by atoms with Crippen molar-refractivity contribution in [2.24, 2.45) is 10.7 Å². The Kier molecular flexibility index (Phi) is 14.2. The molecule has 3 unspecified atom stereocenters. The van der Waals surface area contributed by atoms with Crippen molar-refractivity contribution in [3.63, 3.8) is 0 Å². The highest BCUT2D eigenvalue weighted by molar-refractivity contribution is 8.77. The van der Waals surface area contributed by atoms with E-state index >= 15 is 0 Å². The van der Waals surface area contributed by atoms with Crippen LogP contribution in [0.3, 0.4) is 0 Å². The Morgan fingerprint density at radius 2 is 2.00 bits per heavy atom. The van der Waals surface area contributed by atoms with Crippen molar-refractivity contribution in [3.8, 4) is 0 Å². The SMILES string of the molecule is CCC(COP(=O)(O)OCCc1ccccc1SSC(C)(C)C)OC(C)N(C=O)/C=C\C(N)=NC. The summed E-state index contributed by atoms with van der Waals surface area (Å²) in [5, 5.41) is 0. The van der Waals surface area contributed by atoms with Crippen LogP contribution in [-0.2, 0) is 29.6 Å². The molecule has 0 aliphatic heterocycles. The number of rotatable bonds is 16. The summed E-state index contributed by atoms with van der Waals surface area (Å²) in [5.41, 5.74) is 6.64. The number of benzene rings is 1. The van der Waals surface area contributed by atoms with E-state index in [1.54, 1.807) is 28.5 Å². The maximum absolute atomic E-state index is 12.4. The molecule has 0 aliphatic rings. The second-order valence-corrected chi connectivity index (χ2v) is 13.0. The Bertz CT molecular complexity index is 894. The van der Waals surface area contributed by atoms with Gasteiger partial charge >= 0.3 is 7.82 Å². The summed E-state index contributed by atoms with van der Waals surface area (Å²) in [6, 6.07) is 7.91. The zero-order valence-electron chi connectivity index (χ0n) is 21.2. The number of carbonyl (C=O) groups excluding carboxylic acids is 1. The van der Waals surface area contributed by atoms with E-state index in [9.17, 15) is 14.3 Å². The van der Waals surface area contributed by atoms with Gasteiger partial charge < -0.3 is 15.4 Å². The predicted octanol–water partition coefficient (Wildman–Crippen LogP) is 5.00. The third kappa shape index (κ3) is 13.5. The van der Waals surface area contributed by atoms with Gasteiger partial charge in [0.2, 0.25) is 6.41 Å². The highest BCUT2D eigenvalue weighted by atomic mass is 33.1. The smallest absolute Gasteiger partial charge is 0.384 e. The molecule has 0 radical (unpaired) electrons. The number of amides is 1. The molecule has 0 aliphatic carbocycles. The van der Waals surface area contributed by atoms with Crippen LogP contribution in [0.4, 0.5) is 0 Å². The van der Waals surface area contributed by atoms with Crippen LogP contribution in [0.2, 0.25) is 0 Å². The molecule has 3 N–H and O–H groups in total. The molecule has 1 amide bonds. The van der Waals surface area contributed by atoms with Gasteiger partial charge in [0.05, 0.1) is 19.3 Å². The van der Waals surface area contributed by atoms with E-state index < -0.39 is 20.2 Å².